The van der Waals surface area contributed by atoms with Crippen molar-refractivity contribution in [2.75, 3.05) is 13.2 Å². The van der Waals surface area contributed by atoms with Crippen LogP contribution in [0.5, 0.6) is 0 Å². The molecule has 1 aromatic rings. The van der Waals surface area contributed by atoms with Crippen molar-refractivity contribution in [2.24, 2.45) is 0 Å². The normalized spacial score (nSPS) is 18.0. The van der Waals surface area contributed by atoms with Gasteiger partial charge in [0, 0.05) is 25.7 Å². The molecule has 0 spiro atoms. The van der Waals surface area contributed by atoms with Crippen LogP contribution >= 0.6 is 0 Å². The van der Waals surface area contributed by atoms with Gasteiger partial charge >= 0.3 is 0 Å². The van der Waals surface area contributed by atoms with E-state index in [0.29, 0.717) is 25.7 Å². The molecule has 0 amide bonds. The summed E-state index contributed by atoms with van der Waals surface area (Å²) in [6.45, 7) is 3.28. The Morgan fingerprint density at radius 1 is 1.39 bits per heavy atom. The second-order valence-corrected chi connectivity index (χ2v) is 4.75. The largest absolute Gasteiger partial charge is 0.382 e. The molecule has 0 aromatic heterocycles. The van der Waals surface area contributed by atoms with Crippen molar-refractivity contribution >= 4 is 0 Å². The maximum absolute atomic E-state index is 9.64. The number of rotatable bonds is 7. The van der Waals surface area contributed by atoms with Crippen LogP contribution in [0.4, 0.5) is 0 Å². The van der Waals surface area contributed by atoms with Gasteiger partial charge in [0.2, 0.25) is 0 Å². The zero-order valence-electron chi connectivity index (χ0n) is 10.9. The maximum atomic E-state index is 9.64. The smallest absolute Gasteiger partial charge is 0.134 e. The van der Waals surface area contributed by atoms with Gasteiger partial charge < -0.3 is 4.74 Å². The van der Waals surface area contributed by atoms with Gasteiger partial charge in [0.25, 0.3) is 0 Å². The number of benzene rings is 1. The molecular weight excluding hydrogens is 224 g/mol. The van der Waals surface area contributed by atoms with E-state index in [0.717, 1.165) is 5.56 Å². The lowest BCUT2D eigenvalue weighted by Crippen LogP contribution is -2.43. The Bertz CT molecular complexity index is 408. The second-order valence-electron chi connectivity index (χ2n) is 4.75. The molecule has 1 aliphatic rings. The topological polar surface area (TPSA) is 45.0 Å². The predicted octanol–water partition coefficient (Wildman–Crippen LogP) is 2.58. The molecule has 1 aliphatic carbocycles. The molecule has 96 valence electrons. The third-order valence-corrected chi connectivity index (χ3v) is 3.31. The standard InChI is InChI=1S/C15H20N2O/c1-2-18-11-10-15(12-16,17-14-8-9-14)13-6-4-3-5-7-13/h3-7,14,17H,2,8-11H2,1H3. The number of nitriles is 1. The van der Waals surface area contributed by atoms with Crippen LogP contribution in [-0.2, 0) is 10.3 Å². The van der Waals surface area contributed by atoms with Gasteiger partial charge in [0.05, 0.1) is 6.07 Å². The van der Waals surface area contributed by atoms with Crippen molar-refractivity contribution in [2.45, 2.75) is 37.8 Å². The van der Waals surface area contributed by atoms with Crippen LogP contribution in [0.1, 0.15) is 31.7 Å². The van der Waals surface area contributed by atoms with Gasteiger partial charge in [-0.15, -0.1) is 0 Å². The second kappa shape index (κ2) is 5.99. The Labute approximate surface area is 109 Å². The summed E-state index contributed by atoms with van der Waals surface area (Å²) >= 11 is 0. The van der Waals surface area contributed by atoms with Gasteiger partial charge in [-0.25, -0.2) is 0 Å². The van der Waals surface area contributed by atoms with Crippen molar-refractivity contribution in [3.63, 3.8) is 0 Å². The maximum Gasteiger partial charge on any atom is 0.134 e. The number of ether oxygens (including phenoxy) is 1. The zero-order chi connectivity index (χ0) is 12.8. The molecule has 1 N–H and O–H groups in total. The van der Waals surface area contributed by atoms with Crippen LogP contribution in [0.25, 0.3) is 0 Å². The molecule has 0 heterocycles. The SMILES string of the molecule is CCOCCC(C#N)(NC1CC1)c1ccccc1. The number of hydrogen-bond donors (Lipinski definition) is 1. The highest BCUT2D eigenvalue weighted by molar-refractivity contribution is 5.32. The van der Waals surface area contributed by atoms with Crippen LogP contribution in [0.3, 0.4) is 0 Å². The first-order chi connectivity index (χ1) is 8.80. The Hall–Kier alpha value is -1.37. The summed E-state index contributed by atoms with van der Waals surface area (Å²) in [7, 11) is 0. The molecule has 1 fully saturated rings. The number of hydrogen-bond acceptors (Lipinski definition) is 3. The van der Waals surface area contributed by atoms with E-state index < -0.39 is 5.54 Å². The molecule has 0 radical (unpaired) electrons. The van der Waals surface area contributed by atoms with Gasteiger partial charge in [-0.3, -0.25) is 5.32 Å². The van der Waals surface area contributed by atoms with Crippen LogP contribution in [0.15, 0.2) is 30.3 Å². The lowest BCUT2D eigenvalue weighted by molar-refractivity contribution is 0.126. The highest BCUT2D eigenvalue weighted by atomic mass is 16.5. The zero-order valence-corrected chi connectivity index (χ0v) is 10.9. The average molecular weight is 244 g/mol. The third kappa shape index (κ3) is 3.10. The summed E-state index contributed by atoms with van der Waals surface area (Å²) in [5, 5.41) is 13.1. The van der Waals surface area contributed by atoms with Crippen molar-refractivity contribution in [3.05, 3.63) is 35.9 Å². The molecule has 1 unspecified atom stereocenters. The predicted molar refractivity (Wildman–Crippen MR) is 71.0 cm³/mol. The van der Waals surface area contributed by atoms with E-state index in [1.54, 1.807) is 0 Å². The first kappa shape index (κ1) is 13.1. The van der Waals surface area contributed by atoms with Gasteiger partial charge in [-0.1, -0.05) is 30.3 Å². The van der Waals surface area contributed by atoms with Gasteiger partial charge in [-0.2, -0.15) is 5.26 Å². The highest BCUT2D eigenvalue weighted by Gasteiger charge is 2.37. The Morgan fingerprint density at radius 2 is 2.11 bits per heavy atom. The molecule has 1 saturated carbocycles. The van der Waals surface area contributed by atoms with E-state index in [2.05, 4.69) is 11.4 Å². The number of nitrogens with one attached hydrogen (secondary N) is 1. The van der Waals surface area contributed by atoms with E-state index in [1.165, 1.54) is 12.8 Å². The fraction of sp³-hybridized carbons (Fsp3) is 0.533. The molecular formula is C15H20N2O. The van der Waals surface area contributed by atoms with E-state index in [4.69, 9.17) is 4.74 Å². The summed E-state index contributed by atoms with van der Waals surface area (Å²) < 4.78 is 5.42. The Morgan fingerprint density at radius 3 is 2.67 bits per heavy atom. The van der Waals surface area contributed by atoms with Gasteiger partial charge in [-0.05, 0) is 25.3 Å². The summed E-state index contributed by atoms with van der Waals surface area (Å²) in [6.07, 6.45) is 3.04. The van der Waals surface area contributed by atoms with E-state index >= 15 is 0 Å². The molecule has 1 atom stereocenters. The summed E-state index contributed by atoms with van der Waals surface area (Å²) in [4.78, 5) is 0. The van der Waals surface area contributed by atoms with Crippen LogP contribution in [0, 0.1) is 11.3 Å². The van der Waals surface area contributed by atoms with E-state index in [-0.39, 0.29) is 0 Å². The molecule has 2 rings (SSSR count). The minimum absolute atomic E-state index is 0.492. The highest BCUT2D eigenvalue weighted by Crippen LogP contribution is 2.30. The molecule has 3 nitrogen and oxygen atoms in total. The summed E-state index contributed by atoms with van der Waals surface area (Å²) in [5.74, 6) is 0. The van der Waals surface area contributed by atoms with Crippen molar-refractivity contribution < 1.29 is 4.74 Å². The average Bonchev–Trinajstić information content (AvgIpc) is 3.23. The minimum atomic E-state index is -0.600. The molecule has 0 aliphatic heterocycles. The summed E-state index contributed by atoms with van der Waals surface area (Å²) in [5.41, 5.74) is 0.441. The molecule has 0 bridgehead atoms. The summed E-state index contributed by atoms with van der Waals surface area (Å²) in [6, 6.07) is 12.9. The van der Waals surface area contributed by atoms with Crippen molar-refractivity contribution in [1.29, 1.82) is 5.26 Å². The van der Waals surface area contributed by atoms with Crippen molar-refractivity contribution in [3.8, 4) is 6.07 Å². The third-order valence-electron chi connectivity index (χ3n) is 3.31. The van der Waals surface area contributed by atoms with Crippen LogP contribution in [-0.4, -0.2) is 19.3 Å². The van der Waals surface area contributed by atoms with Crippen molar-refractivity contribution in [1.82, 2.24) is 5.32 Å². The van der Waals surface area contributed by atoms with Crippen LogP contribution in [0.2, 0.25) is 0 Å². The molecule has 18 heavy (non-hydrogen) atoms. The quantitative estimate of drug-likeness (QED) is 0.750. The Balaban J connectivity index is 2.16. The number of nitrogens with zero attached hydrogens (tertiary/aromatic N) is 1. The van der Waals surface area contributed by atoms with Gasteiger partial charge in [0.1, 0.15) is 5.54 Å². The molecule has 0 saturated heterocycles. The fourth-order valence-corrected chi connectivity index (χ4v) is 2.12. The van der Waals surface area contributed by atoms with E-state index in [1.807, 2.05) is 37.3 Å². The first-order valence-electron chi connectivity index (χ1n) is 6.63. The fourth-order valence-electron chi connectivity index (χ4n) is 2.12. The van der Waals surface area contributed by atoms with Crippen LogP contribution < -0.4 is 5.32 Å². The van der Waals surface area contributed by atoms with E-state index in [9.17, 15) is 5.26 Å². The minimum Gasteiger partial charge on any atom is -0.382 e. The first-order valence-corrected chi connectivity index (χ1v) is 6.63. The lowest BCUT2D eigenvalue weighted by atomic mass is 9.88. The lowest BCUT2D eigenvalue weighted by Gasteiger charge is -2.28. The Kier molecular flexibility index (Phi) is 4.35. The monoisotopic (exact) mass is 244 g/mol. The van der Waals surface area contributed by atoms with Gasteiger partial charge in [0.15, 0.2) is 0 Å². The molecule has 1 aromatic carbocycles. The molecule has 3 heteroatoms.